The number of benzene rings is 1. The lowest BCUT2D eigenvalue weighted by Gasteiger charge is -2.08. The maximum atomic E-state index is 14.7. The Morgan fingerprint density at radius 1 is 1.12 bits per heavy atom. The van der Waals surface area contributed by atoms with Crippen LogP contribution in [0, 0.1) is 5.82 Å². The fourth-order valence-electron chi connectivity index (χ4n) is 3.50. The molecule has 0 saturated carbocycles. The normalized spacial score (nSPS) is 11.2. The minimum atomic E-state index is -0.466. The van der Waals surface area contributed by atoms with Crippen LogP contribution in [0.2, 0.25) is 0 Å². The predicted octanol–water partition coefficient (Wildman–Crippen LogP) is 3.72. The summed E-state index contributed by atoms with van der Waals surface area (Å²) in [6.07, 6.45) is 8.12. The monoisotopic (exact) mass is 446 g/mol. The number of aromatic nitrogens is 6. The molecule has 10 heteroatoms. The zero-order valence-corrected chi connectivity index (χ0v) is 17.8. The third-order valence-corrected chi connectivity index (χ3v) is 6.22. The van der Waals surface area contributed by atoms with E-state index in [9.17, 15) is 4.39 Å². The van der Waals surface area contributed by atoms with Gasteiger partial charge in [0.2, 0.25) is 5.95 Å². The highest BCUT2D eigenvalue weighted by Gasteiger charge is 2.16. The van der Waals surface area contributed by atoms with Crippen LogP contribution in [0.4, 0.5) is 10.3 Å². The van der Waals surface area contributed by atoms with Crippen molar-refractivity contribution in [1.29, 1.82) is 0 Å². The van der Waals surface area contributed by atoms with Gasteiger partial charge in [0.25, 0.3) is 0 Å². The molecule has 3 N–H and O–H groups in total. The highest BCUT2D eigenvalue weighted by atomic mass is 32.1. The molecule has 4 heterocycles. The van der Waals surface area contributed by atoms with Gasteiger partial charge < -0.3 is 11.1 Å². The van der Waals surface area contributed by atoms with Gasteiger partial charge in [-0.3, -0.25) is 9.67 Å². The number of anilines is 1. The van der Waals surface area contributed by atoms with Gasteiger partial charge in [-0.2, -0.15) is 0 Å². The van der Waals surface area contributed by atoms with Crippen molar-refractivity contribution in [2.24, 2.45) is 5.73 Å². The smallest absolute Gasteiger partial charge is 0.223 e. The topological polar surface area (TPSA) is 107 Å². The third-order valence-electron chi connectivity index (χ3n) is 5.03. The summed E-state index contributed by atoms with van der Waals surface area (Å²) in [5.74, 6) is -0.106. The first-order chi connectivity index (χ1) is 15.7. The van der Waals surface area contributed by atoms with E-state index in [1.807, 2.05) is 30.3 Å². The van der Waals surface area contributed by atoms with Crippen molar-refractivity contribution in [3.63, 3.8) is 0 Å². The fourth-order valence-corrected chi connectivity index (χ4v) is 4.68. The average Bonchev–Trinajstić information content (AvgIpc) is 3.50. The number of nitrogens with one attached hydrogen (secondary N) is 1. The molecule has 0 aliphatic carbocycles. The van der Waals surface area contributed by atoms with Crippen LogP contribution in [0.25, 0.3) is 31.8 Å². The minimum absolute atomic E-state index is 0.268. The van der Waals surface area contributed by atoms with Crippen molar-refractivity contribution >= 4 is 27.4 Å². The molecule has 0 atom stereocenters. The van der Waals surface area contributed by atoms with Crippen LogP contribution >= 0.6 is 11.3 Å². The van der Waals surface area contributed by atoms with Gasteiger partial charge in [-0.1, -0.05) is 23.4 Å². The number of rotatable bonds is 7. The molecule has 0 aliphatic heterocycles. The number of fused-ring (bicyclic) bond motifs is 1. The van der Waals surface area contributed by atoms with E-state index in [4.69, 9.17) is 5.73 Å². The number of nitrogens with two attached hydrogens (primary N) is 1. The Morgan fingerprint density at radius 3 is 2.91 bits per heavy atom. The number of hydrogen-bond donors (Lipinski definition) is 2. The van der Waals surface area contributed by atoms with Gasteiger partial charge >= 0.3 is 0 Å². The van der Waals surface area contributed by atoms with Crippen LogP contribution < -0.4 is 11.1 Å². The van der Waals surface area contributed by atoms with Crippen LogP contribution in [-0.2, 0) is 13.1 Å². The Hall–Kier alpha value is -3.76. The molecule has 0 saturated heterocycles. The highest BCUT2D eigenvalue weighted by molar-refractivity contribution is 7.22. The summed E-state index contributed by atoms with van der Waals surface area (Å²) in [7, 11) is 0. The van der Waals surface area contributed by atoms with Crippen LogP contribution in [0.5, 0.6) is 0 Å². The molecule has 0 aliphatic rings. The molecule has 0 amide bonds. The average molecular weight is 447 g/mol. The zero-order valence-electron chi connectivity index (χ0n) is 16.9. The van der Waals surface area contributed by atoms with E-state index in [0.29, 0.717) is 25.6 Å². The van der Waals surface area contributed by atoms with Crippen LogP contribution in [-0.4, -0.2) is 36.5 Å². The van der Waals surface area contributed by atoms with Crippen LogP contribution in [0.3, 0.4) is 0 Å². The van der Waals surface area contributed by atoms with Crippen molar-refractivity contribution < 1.29 is 4.39 Å². The highest BCUT2D eigenvalue weighted by Crippen LogP contribution is 2.40. The second-order valence-electron chi connectivity index (χ2n) is 7.05. The Labute approximate surface area is 187 Å². The van der Waals surface area contributed by atoms with Crippen molar-refractivity contribution in [3.05, 3.63) is 72.7 Å². The quantitative estimate of drug-likeness (QED) is 0.392. The Kier molecular flexibility index (Phi) is 5.53. The summed E-state index contributed by atoms with van der Waals surface area (Å²) in [6, 6.07) is 9.96. The molecular weight excluding hydrogens is 427 g/mol. The van der Waals surface area contributed by atoms with Crippen LogP contribution in [0.15, 0.2) is 61.3 Å². The maximum absolute atomic E-state index is 14.7. The molecule has 0 unspecified atom stereocenters. The van der Waals surface area contributed by atoms with Gasteiger partial charge in [0.1, 0.15) is 5.69 Å². The second-order valence-corrected chi connectivity index (χ2v) is 8.11. The third kappa shape index (κ3) is 3.93. The lowest BCUT2D eigenvalue weighted by Crippen LogP contribution is -2.13. The lowest BCUT2D eigenvalue weighted by molar-refractivity contribution is 0.604. The number of hydrogen-bond acceptors (Lipinski definition) is 8. The van der Waals surface area contributed by atoms with E-state index >= 15 is 0 Å². The molecule has 0 radical (unpaired) electrons. The van der Waals surface area contributed by atoms with E-state index in [2.05, 4.69) is 30.6 Å². The van der Waals surface area contributed by atoms with Gasteiger partial charge in [0.15, 0.2) is 5.82 Å². The van der Waals surface area contributed by atoms with Gasteiger partial charge in [0.05, 0.1) is 23.8 Å². The molecule has 0 spiro atoms. The molecule has 32 heavy (non-hydrogen) atoms. The first kappa shape index (κ1) is 20.2. The number of thiophene rings is 1. The van der Waals surface area contributed by atoms with Gasteiger partial charge in [-0.15, -0.1) is 16.4 Å². The molecule has 8 nitrogen and oxygen atoms in total. The lowest BCUT2D eigenvalue weighted by atomic mass is 10.0. The minimum Gasteiger partial charge on any atom is -0.352 e. The first-order valence-corrected chi connectivity index (χ1v) is 10.8. The number of pyridine rings is 1. The summed E-state index contributed by atoms with van der Waals surface area (Å²) < 4.78 is 17.4. The molecule has 0 fully saturated rings. The number of nitrogens with zero attached hydrogens (tertiary/aromatic N) is 6. The molecule has 4 aromatic heterocycles. The summed E-state index contributed by atoms with van der Waals surface area (Å²) in [5.41, 5.74) is 9.22. The number of halogens is 1. The largest absolute Gasteiger partial charge is 0.352 e. The molecule has 160 valence electrons. The van der Waals surface area contributed by atoms with E-state index in [1.54, 1.807) is 29.5 Å². The van der Waals surface area contributed by atoms with Crippen molar-refractivity contribution in [2.75, 3.05) is 11.9 Å². The zero-order chi connectivity index (χ0) is 21.9. The van der Waals surface area contributed by atoms with Gasteiger partial charge in [-0.05, 0) is 34.2 Å². The Morgan fingerprint density at radius 2 is 2.06 bits per heavy atom. The summed E-state index contributed by atoms with van der Waals surface area (Å²) >= 11 is 1.49. The predicted molar refractivity (Wildman–Crippen MR) is 122 cm³/mol. The van der Waals surface area contributed by atoms with Crippen molar-refractivity contribution in [2.45, 2.75) is 13.1 Å². The molecule has 5 aromatic rings. The fraction of sp³-hybridized carbons (Fsp3) is 0.136. The van der Waals surface area contributed by atoms with Crippen molar-refractivity contribution in [1.82, 2.24) is 29.9 Å². The summed E-state index contributed by atoms with van der Waals surface area (Å²) in [6.45, 7) is 1.52. The molecule has 5 rings (SSSR count). The first-order valence-electron chi connectivity index (χ1n) is 9.99. The van der Waals surface area contributed by atoms with E-state index in [-0.39, 0.29) is 5.69 Å². The second kappa shape index (κ2) is 8.77. The molecular formula is C22H19FN8S. The van der Waals surface area contributed by atoms with E-state index in [1.165, 1.54) is 17.5 Å². The Bertz CT molecular complexity index is 1370. The van der Waals surface area contributed by atoms with E-state index in [0.717, 1.165) is 31.7 Å². The Balaban J connectivity index is 1.48. The SMILES string of the molecule is NCc1cnccc1-c1cccc2cc(-c3nc(NCCn4ccnn4)ncc3F)sc12. The summed E-state index contributed by atoms with van der Waals surface area (Å²) in [5, 5.41) is 11.8. The summed E-state index contributed by atoms with van der Waals surface area (Å²) in [4.78, 5) is 13.4. The standard InChI is InChI=1S/C22H19FN8S/c23-18-13-27-22(26-6-8-31-9-7-28-30-31)29-20(18)19-10-14-2-1-3-17(21(14)32-19)16-4-5-25-12-15(16)11-24/h1-5,7,9-10,12-13H,6,8,11,24H2,(H,26,27,29). The van der Waals surface area contributed by atoms with Gasteiger partial charge in [0, 0.05) is 36.4 Å². The van der Waals surface area contributed by atoms with Crippen LogP contribution in [0.1, 0.15) is 5.56 Å². The van der Waals surface area contributed by atoms with Crippen molar-refractivity contribution in [3.8, 4) is 21.7 Å². The van der Waals surface area contributed by atoms with E-state index < -0.39 is 5.82 Å². The molecule has 1 aromatic carbocycles. The maximum Gasteiger partial charge on any atom is 0.223 e. The van der Waals surface area contributed by atoms with Gasteiger partial charge in [-0.25, -0.2) is 14.4 Å². The molecule has 0 bridgehead atoms.